The molecular weight excluding hydrogens is 358 g/mol. The summed E-state index contributed by atoms with van der Waals surface area (Å²) in [6.07, 6.45) is 2.83. The second-order valence-corrected chi connectivity index (χ2v) is 6.91. The molecule has 0 atom stereocenters. The molecule has 3 nitrogen and oxygen atoms in total. The first-order chi connectivity index (χ1) is 13.2. The van der Waals surface area contributed by atoms with Crippen molar-refractivity contribution in [3.8, 4) is 16.9 Å². The number of hydrogen-bond acceptors (Lipinski definition) is 2. The number of benzene rings is 2. The molecule has 0 spiro atoms. The second kappa shape index (κ2) is 7.29. The number of carbonyl (C=O) groups is 1. The van der Waals surface area contributed by atoms with Crippen molar-refractivity contribution >= 4 is 23.4 Å². The number of nitrogens with zero attached hydrogens (tertiary/aromatic N) is 1. The van der Waals surface area contributed by atoms with E-state index in [-0.39, 0.29) is 0 Å². The van der Waals surface area contributed by atoms with Gasteiger partial charge in [0.05, 0.1) is 5.69 Å². The van der Waals surface area contributed by atoms with E-state index >= 15 is 0 Å². The fourth-order valence-electron chi connectivity index (χ4n) is 3.21. The summed E-state index contributed by atoms with van der Waals surface area (Å²) in [6.45, 7) is 2.44. The molecule has 0 radical (unpaired) electrons. The maximum absolute atomic E-state index is 11.9. The number of aldehydes is 1. The number of aryl methyl sites for hydroxylation is 1. The van der Waals surface area contributed by atoms with Crippen LogP contribution in [0.1, 0.15) is 21.6 Å². The van der Waals surface area contributed by atoms with Crippen LogP contribution in [0.25, 0.3) is 16.6 Å². The first-order valence-corrected chi connectivity index (χ1v) is 9.07. The molecule has 4 aromatic rings. The van der Waals surface area contributed by atoms with Crippen molar-refractivity contribution in [2.24, 2.45) is 0 Å². The van der Waals surface area contributed by atoms with Crippen molar-refractivity contribution in [1.82, 2.24) is 4.40 Å². The highest BCUT2D eigenvalue weighted by Gasteiger charge is 2.16. The number of pyridine rings is 1. The van der Waals surface area contributed by atoms with Gasteiger partial charge in [0.2, 0.25) is 0 Å². The van der Waals surface area contributed by atoms with Gasteiger partial charge in [-0.15, -0.1) is 0 Å². The maximum atomic E-state index is 11.9. The highest BCUT2D eigenvalue weighted by Crippen LogP contribution is 2.36. The molecule has 2 aromatic carbocycles. The van der Waals surface area contributed by atoms with Crippen molar-refractivity contribution in [3.63, 3.8) is 0 Å². The molecule has 0 unspecified atom stereocenters. The monoisotopic (exact) mass is 375 g/mol. The SMILES string of the molecule is Cc1ccc2cc(-c3cc(Cl)ccc3OCc3ccccc3)c(C=O)n2c1. The van der Waals surface area contributed by atoms with E-state index in [0.29, 0.717) is 23.1 Å². The molecule has 0 fully saturated rings. The zero-order chi connectivity index (χ0) is 18.8. The molecule has 2 aromatic heterocycles. The van der Waals surface area contributed by atoms with Crippen LogP contribution in [0.3, 0.4) is 0 Å². The minimum absolute atomic E-state index is 0.443. The summed E-state index contributed by atoms with van der Waals surface area (Å²) in [5.74, 6) is 0.694. The first kappa shape index (κ1) is 17.4. The van der Waals surface area contributed by atoms with E-state index < -0.39 is 0 Å². The Labute approximate surface area is 162 Å². The van der Waals surface area contributed by atoms with Crippen LogP contribution in [0.15, 0.2) is 72.9 Å². The Balaban J connectivity index is 1.80. The van der Waals surface area contributed by atoms with Gasteiger partial charge in [-0.3, -0.25) is 4.79 Å². The lowest BCUT2D eigenvalue weighted by molar-refractivity contribution is 0.111. The predicted molar refractivity (Wildman–Crippen MR) is 109 cm³/mol. The number of fused-ring (bicyclic) bond motifs is 1. The second-order valence-electron chi connectivity index (χ2n) is 6.48. The lowest BCUT2D eigenvalue weighted by atomic mass is 10.0. The molecule has 0 saturated heterocycles. The third kappa shape index (κ3) is 3.46. The fourth-order valence-corrected chi connectivity index (χ4v) is 3.38. The molecule has 0 amide bonds. The predicted octanol–water partition coefficient (Wildman–Crippen LogP) is 5.96. The maximum Gasteiger partial charge on any atom is 0.167 e. The van der Waals surface area contributed by atoms with Crippen molar-refractivity contribution < 1.29 is 9.53 Å². The van der Waals surface area contributed by atoms with E-state index in [4.69, 9.17) is 16.3 Å². The Morgan fingerprint density at radius 3 is 2.59 bits per heavy atom. The number of aromatic nitrogens is 1. The van der Waals surface area contributed by atoms with E-state index in [2.05, 4.69) is 0 Å². The van der Waals surface area contributed by atoms with Crippen LogP contribution in [0.4, 0.5) is 0 Å². The largest absolute Gasteiger partial charge is 0.488 e. The van der Waals surface area contributed by atoms with Crippen LogP contribution in [0.5, 0.6) is 5.75 Å². The Bertz CT molecular complexity index is 1120. The van der Waals surface area contributed by atoms with Gasteiger partial charge in [-0.1, -0.05) is 48.0 Å². The van der Waals surface area contributed by atoms with Crippen molar-refractivity contribution in [1.29, 1.82) is 0 Å². The van der Waals surface area contributed by atoms with Crippen molar-refractivity contribution in [2.75, 3.05) is 0 Å². The molecule has 0 aliphatic heterocycles. The summed E-state index contributed by atoms with van der Waals surface area (Å²) >= 11 is 6.25. The minimum atomic E-state index is 0.443. The van der Waals surface area contributed by atoms with E-state index in [1.54, 1.807) is 6.07 Å². The molecule has 0 bridgehead atoms. The zero-order valence-corrected chi connectivity index (χ0v) is 15.6. The summed E-state index contributed by atoms with van der Waals surface area (Å²) in [5.41, 5.74) is 5.31. The molecule has 134 valence electrons. The Hall–Kier alpha value is -3.04. The molecular formula is C23H18ClNO2. The Morgan fingerprint density at radius 1 is 1.00 bits per heavy atom. The highest BCUT2D eigenvalue weighted by atomic mass is 35.5. The van der Waals surface area contributed by atoms with E-state index in [1.165, 1.54) is 0 Å². The highest BCUT2D eigenvalue weighted by molar-refractivity contribution is 6.31. The lowest BCUT2D eigenvalue weighted by Gasteiger charge is -2.12. The quantitative estimate of drug-likeness (QED) is 0.403. The topological polar surface area (TPSA) is 30.7 Å². The van der Waals surface area contributed by atoms with Gasteiger partial charge in [0.15, 0.2) is 6.29 Å². The van der Waals surface area contributed by atoms with Gasteiger partial charge in [-0.25, -0.2) is 0 Å². The van der Waals surface area contributed by atoms with E-state index in [9.17, 15) is 4.79 Å². The Kier molecular flexibility index (Phi) is 4.69. The molecule has 4 heteroatoms. The number of halogens is 1. The molecule has 4 rings (SSSR count). The van der Waals surface area contributed by atoms with Crippen LogP contribution in [-0.4, -0.2) is 10.7 Å². The van der Waals surface area contributed by atoms with Crippen LogP contribution < -0.4 is 4.74 Å². The third-order valence-electron chi connectivity index (χ3n) is 4.54. The summed E-state index contributed by atoms with van der Waals surface area (Å²) in [7, 11) is 0. The Morgan fingerprint density at radius 2 is 1.81 bits per heavy atom. The number of ether oxygens (including phenoxy) is 1. The fraction of sp³-hybridized carbons (Fsp3) is 0.0870. The summed E-state index contributed by atoms with van der Waals surface area (Å²) < 4.78 is 7.97. The smallest absolute Gasteiger partial charge is 0.167 e. The summed E-state index contributed by atoms with van der Waals surface area (Å²) in [5, 5.41) is 0.598. The molecule has 27 heavy (non-hydrogen) atoms. The van der Waals surface area contributed by atoms with Gasteiger partial charge < -0.3 is 9.14 Å². The standard InChI is InChI=1S/C23H18ClNO2/c1-16-7-9-19-12-20(22(14-26)25(19)13-16)21-11-18(24)8-10-23(21)27-15-17-5-3-2-4-6-17/h2-14H,15H2,1H3. The summed E-state index contributed by atoms with van der Waals surface area (Å²) in [6, 6.07) is 21.5. The van der Waals surface area contributed by atoms with E-state index in [0.717, 1.165) is 34.1 Å². The molecule has 0 N–H and O–H groups in total. The van der Waals surface area contributed by atoms with Crippen LogP contribution in [0, 0.1) is 6.92 Å². The van der Waals surface area contributed by atoms with Gasteiger partial charge in [0.25, 0.3) is 0 Å². The number of carbonyl (C=O) groups excluding carboxylic acids is 1. The van der Waals surface area contributed by atoms with E-state index in [1.807, 2.05) is 78.2 Å². The number of hydrogen-bond donors (Lipinski definition) is 0. The molecule has 0 aliphatic carbocycles. The average Bonchev–Trinajstić information content (AvgIpc) is 3.05. The van der Waals surface area contributed by atoms with Crippen molar-refractivity contribution in [3.05, 3.63) is 94.8 Å². The lowest BCUT2D eigenvalue weighted by Crippen LogP contribution is -1.98. The molecule has 0 aliphatic rings. The normalized spacial score (nSPS) is 10.9. The van der Waals surface area contributed by atoms with Crippen LogP contribution in [0.2, 0.25) is 5.02 Å². The zero-order valence-electron chi connectivity index (χ0n) is 14.9. The van der Waals surface area contributed by atoms with Crippen molar-refractivity contribution in [2.45, 2.75) is 13.5 Å². The van der Waals surface area contributed by atoms with Crippen LogP contribution in [-0.2, 0) is 6.61 Å². The summed E-state index contributed by atoms with van der Waals surface area (Å²) in [4.78, 5) is 11.9. The van der Waals surface area contributed by atoms with Gasteiger partial charge in [0.1, 0.15) is 12.4 Å². The number of rotatable bonds is 5. The van der Waals surface area contributed by atoms with Gasteiger partial charge in [-0.2, -0.15) is 0 Å². The third-order valence-corrected chi connectivity index (χ3v) is 4.77. The van der Waals surface area contributed by atoms with Gasteiger partial charge in [-0.05, 0) is 48.4 Å². The van der Waals surface area contributed by atoms with Gasteiger partial charge >= 0.3 is 0 Å². The molecule has 2 heterocycles. The minimum Gasteiger partial charge on any atom is -0.488 e. The molecule has 0 saturated carbocycles. The average molecular weight is 376 g/mol. The van der Waals surface area contributed by atoms with Crippen LogP contribution >= 0.6 is 11.6 Å². The first-order valence-electron chi connectivity index (χ1n) is 8.69. The van der Waals surface area contributed by atoms with Gasteiger partial charge in [0, 0.05) is 27.9 Å².